The zero-order valence-electron chi connectivity index (χ0n) is 13.0. The fraction of sp³-hybridized carbons (Fsp3) is 0.786. The minimum Gasteiger partial charge on any atom is -0.374 e. The summed E-state index contributed by atoms with van der Waals surface area (Å²) in [4.78, 5) is 2.18. The molecule has 5 nitrogen and oxygen atoms in total. The summed E-state index contributed by atoms with van der Waals surface area (Å²) in [7, 11) is 4.17. The van der Waals surface area contributed by atoms with Crippen LogP contribution in [0, 0.1) is 0 Å². The lowest BCUT2D eigenvalue weighted by Gasteiger charge is -2.31. The molecule has 2 atom stereocenters. The molecule has 120 valence electrons. The number of thioether (sulfide) groups is 1. The highest BCUT2D eigenvalue weighted by Crippen LogP contribution is 2.30. The number of aromatic nitrogens is 2. The smallest absolute Gasteiger partial charge is 0.0875 e. The Hall–Kier alpha value is -0.0800. The molecule has 0 spiro atoms. The van der Waals surface area contributed by atoms with Crippen molar-refractivity contribution < 1.29 is 4.74 Å². The summed E-state index contributed by atoms with van der Waals surface area (Å²) in [5.41, 5.74) is 1.20. The molecule has 1 aliphatic rings. The van der Waals surface area contributed by atoms with E-state index in [1.54, 1.807) is 0 Å². The number of nitrogens with zero attached hydrogens (tertiary/aromatic N) is 3. The minimum absolute atomic E-state index is 0.182. The van der Waals surface area contributed by atoms with Crippen molar-refractivity contribution in [3.8, 4) is 0 Å². The topological polar surface area (TPSA) is 42.3 Å². The maximum Gasteiger partial charge on any atom is 0.0875 e. The summed E-state index contributed by atoms with van der Waals surface area (Å²) in [6.45, 7) is 5.74. The molecule has 1 aromatic rings. The van der Waals surface area contributed by atoms with Crippen molar-refractivity contribution in [2.24, 2.45) is 0 Å². The van der Waals surface area contributed by atoms with Gasteiger partial charge in [-0.05, 0) is 36.6 Å². The minimum atomic E-state index is 0.182. The Morgan fingerprint density at radius 2 is 2.43 bits per heavy atom. The van der Waals surface area contributed by atoms with E-state index in [4.69, 9.17) is 4.74 Å². The maximum atomic E-state index is 6.00. The van der Waals surface area contributed by atoms with Crippen LogP contribution in [0.2, 0.25) is 0 Å². The first-order valence-electron chi connectivity index (χ1n) is 7.42. The van der Waals surface area contributed by atoms with E-state index in [0.29, 0.717) is 0 Å². The quantitative estimate of drug-likeness (QED) is 0.787. The molecule has 1 aliphatic heterocycles. The lowest BCUT2D eigenvalue weighted by molar-refractivity contribution is 0.0445. The molecule has 2 unspecified atom stereocenters. The lowest BCUT2D eigenvalue weighted by Crippen LogP contribution is -2.39. The van der Waals surface area contributed by atoms with E-state index in [0.717, 1.165) is 42.2 Å². The molecule has 0 saturated carbocycles. The van der Waals surface area contributed by atoms with Gasteiger partial charge in [0.05, 0.1) is 41.7 Å². The van der Waals surface area contributed by atoms with Gasteiger partial charge in [-0.25, -0.2) is 0 Å². The molecule has 2 rings (SSSR count). The van der Waals surface area contributed by atoms with Gasteiger partial charge in [-0.3, -0.25) is 4.68 Å². The molecule has 0 aliphatic carbocycles. The number of ether oxygens (including phenoxy) is 1. The molecule has 1 aromatic heterocycles. The summed E-state index contributed by atoms with van der Waals surface area (Å²) in [5, 5.41) is 8.11. The van der Waals surface area contributed by atoms with Crippen LogP contribution in [0.5, 0.6) is 0 Å². The Labute approximate surface area is 139 Å². The van der Waals surface area contributed by atoms with Gasteiger partial charge in [0.15, 0.2) is 0 Å². The number of likely N-dealkylation sites (N-methyl/N-ethyl adjacent to an activating group) is 2. The van der Waals surface area contributed by atoms with Gasteiger partial charge >= 0.3 is 0 Å². The van der Waals surface area contributed by atoms with E-state index in [9.17, 15) is 0 Å². The zero-order valence-corrected chi connectivity index (χ0v) is 15.4. The molecule has 0 bridgehead atoms. The third kappa shape index (κ3) is 4.69. The van der Waals surface area contributed by atoms with Gasteiger partial charge in [-0.2, -0.15) is 16.9 Å². The van der Waals surface area contributed by atoms with E-state index in [1.165, 1.54) is 5.69 Å². The molecule has 1 N–H and O–H groups in total. The normalized spacial score (nSPS) is 20.9. The monoisotopic (exact) mass is 376 g/mol. The standard InChI is InChI=1S/C14H25BrN4OS/c1-4-16-13(12-10-21-8-7-20-12)14-11(15)9-17-19(14)6-5-18(2)3/h9,12-13,16H,4-8,10H2,1-3H3. The Kier molecular flexibility index (Phi) is 7.01. The van der Waals surface area contributed by atoms with E-state index >= 15 is 0 Å². The van der Waals surface area contributed by atoms with Crippen molar-refractivity contribution in [1.29, 1.82) is 0 Å². The first-order valence-corrected chi connectivity index (χ1v) is 9.37. The number of hydrogen-bond acceptors (Lipinski definition) is 5. The molecule has 0 amide bonds. The first kappa shape index (κ1) is 17.3. The average molecular weight is 377 g/mol. The Morgan fingerprint density at radius 1 is 1.62 bits per heavy atom. The molecular formula is C14H25BrN4OS. The first-order chi connectivity index (χ1) is 10.1. The van der Waals surface area contributed by atoms with Gasteiger partial charge < -0.3 is 15.0 Å². The molecule has 0 aromatic carbocycles. The predicted molar refractivity (Wildman–Crippen MR) is 92.0 cm³/mol. The average Bonchev–Trinajstić information content (AvgIpc) is 2.84. The second kappa shape index (κ2) is 8.53. The largest absolute Gasteiger partial charge is 0.374 e. The number of nitrogens with one attached hydrogen (secondary N) is 1. The van der Waals surface area contributed by atoms with E-state index < -0.39 is 0 Å². The summed E-state index contributed by atoms with van der Waals surface area (Å²) in [5.74, 6) is 2.12. The maximum absolute atomic E-state index is 6.00. The van der Waals surface area contributed by atoms with Gasteiger partial charge in [0, 0.05) is 18.1 Å². The van der Waals surface area contributed by atoms with Crippen molar-refractivity contribution in [3.05, 3.63) is 16.4 Å². The number of hydrogen-bond donors (Lipinski definition) is 1. The van der Waals surface area contributed by atoms with Crippen LogP contribution in [0.1, 0.15) is 18.7 Å². The molecule has 1 saturated heterocycles. The highest BCUT2D eigenvalue weighted by molar-refractivity contribution is 9.10. The van der Waals surface area contributed by atoms with Crippen molar-refractivity contribution in [2.45, 2.75) is 25.6 Å². The zero-order chi connectivity index (χ0) is 15.2. The predicted octanol–water partition coefficient (Wildman–Crippen LogP) is 1.99. The SMILES string of the molecule is CCNC(c1c(Br)cnn1CCN(C)C)C1CSCCO1. The van der Waals surface area contributed by atoms with Crippen LogP contribution in [0.4, 0.5) is 0 Å². The summed E-state index contributed by atoms with van der Waals surface area (Å²) in [6.07, 6.45) is 2.10. The molecule has 7 heteroatoms. The highest BCUT2D eigenvalue weighted by Gasteiger charge is 2.30. The van der Waals surface area contributed by atoms with Crippen molar-refractivity contribution in [1.82, 2.24) is 20.0 Å². The number of halogens is 1. The van der Waals surface area contributed by atoms with Gasteiger partial charge in [0.1, 0.15) is 0 Å². The van der Waals surface area contributed by atoms with Crippen LogP contribution in [-0.4, -0.2) is 66.1 Å². The van der Waals surface area contributed by atoms with Gasteiger partial charge in [0.2, 0.25) is 0 Å². The Bertz CT molecular complexity index is 435. The Balaban J connectivity index is 2.19. The Morgan fingerprint density at radius 3 is 3.05 bits per heavy atom. The number of rotatable bonds is 7. The summed E-state index contributed by atoms with van der Waals surface area (Å²) < 4.78 is 9.16. The van der Waals surface area contributed by atoms with Crippen LogP contribution in [-0.2, 0) is 11.3 Å². The molecule has 1 fully saturated rings. The fourth-order valence-corrected chi connectivity index (χ4v) is 3.92. The fourth-order valence-electron chi connectivity index (χ4n) is 2.48. The highest BCUT2D eigenvalue weighted by atomic mass is 79.9. The molecular weight excluding hydrogens is 352 g/mol. The second-order valence-corrected chi connectivity index (χ2v) is 7.43. The summed E-state index contributed by atoms with van der Waals surface area (Å²) >= 11 is 5.63. The second-order valence-electron chi connectivity index (χ2n) is 5.42. The van der Waals surface area contributed by atoms with Crippen molar-refractivity contribution in [3.63, 3.8) is 0 Å². The summed E-state index contributed by atoms with van der Waals surface area (Å²) in [6, 6.07) is 0.182. The molecule has 0 radical (unpaired) electrons. The van der Waals surface area contributed by atoms with Crippen LogP contribution < -0.4 is 5.32 Å². The lowest BCUT2D eigenvalue weighted by atomic mass is 10.1. The van der Waals surface area contributed by atoms with Crippen LogP contribution in [0.25, 0.3) is 0 Å². The van der Waals surface area contributed by atoms with Gasteiger partial charge in [-0.15, -0.1) is 0 Å². The van der Waals surface area contributed by atoms with Crippen LogP contribution >= 0.6 is 27.7 Å². The van der Waals surface area contributed by atoms with Crippen molar-refractivity contribution in [2.75, 3.05) is 45.3 Å². The van der Waals surface area contributed by atoms with Crippen molar-refractivity contribution >= 4 is 27.7 Å². The van der Waals surface area contributed by atoms with E-state index in [2.05, 4.69) is 56.9 Å². The van der Waals surface area contributed by atoms with Crippen LogP contribution in [0.3, 0.4) is 0 Å². The third-order valence-electron chi connectivity index (χ3n) is 3.52. The molecule has 2 heterocycles. The van der Waals surface area contributed by atoms with Gasteiger partial charge in [0.25, 0.3) is 0 Å². The van der Waals surface area contributed by atoms with E-state index in [-0.39, 0.29) is 12.1 Å². The van der Waals surface area contributed by atoms with Gasteiger partial charge in [-0.1, -0.05) is 6.92 Å². The third-order valence-corrected chi connectivity index (χ3v) is 5.15. The van der Waals surface area contributed by atoms with E-state index in [1.807, 2.05) is 18.0 Å². The molecule has 21 heavy (non-hydrogen) atoms. The van der Waals surface area contributed by atoms with Crippen LogP contribution in [0.15, 0.2) is 10.7 Å².